The van der Waals surface area contributed by atoms with E-state index >= 15 is 0 Å². The Balaban J connectivity index is 2.05. The molecule has 2 aromatic rings. The van der Waals surface area contributed by atoms with Crippen LogP contribution in [0.1, 0.15) is 23.5 Å². The molecule has 1 amide bonds. The summed E-state index contributed by atoms with van der Waals surface area (Å²) < 4.78 is 37.4. The zero-order chi connectivity index (χ0) is 17.7. The predicted octanol–water partition coefficient (Wildman–Crippen LogP) is 3.90. The molecule has 0 fully saturated rings. The number of carboxylic acid groups (broad SMARTS) is 1. The third-order valence-electron chi connectivity index (χ3n) is 3.39. The van der Waals surface area contributed by atoms with Gasteiger partial charge in [-0.25, -0.2) is 0 Å². The van der Waals surface area contributed by atoms with Crippen molar-refractivity contribution in [3.63, 3.8) is 0 Å². The van der Waals surface area contributed by atoms with E-state index in [0.717, 1.165) is 24.3 Å². The Bertz CT molecular complexity index is 712. The van der Waals surface area contributed by atoms with Crippen LogP contribution in [-0.2, 0) is 15.8 Å². The van der Waals surface area contributed by atoms with Crippen LogP contribution in [-0.4, -0.2) is 17.0 Å². The van der Waals surface area contributed by atoms with E-state index in [1.54, 1.807) is 30.3 Å². The SMILES string of the molecule is O=C(C[C@H](C(=O)O)c1ccccc1)Nc1ccc(C(F)(F)F)cc1. The van der Waals surface area contributed by atoms with Gasteiger partial charge in [0.2, 0.25) is 5.91 Å². The molecule has 0 bridgehead atoms. The van der Waals surface area contributed by atoms with Crippen molar-refractivity contribution in [3.8, 4) is 0 Å². The van der Waals surface area contributed by atoms with Crippen LogP contribution in [0.3, 0.4) is 0 Å². The smallest absolute Gasteiger partial charge is 0.416 e. The number of amides is 1. The number of carboxylic acids is 1. The first-order valence-electron chi connectivity index (χ1n) is 7.02. The third kappa shape index (κ3) is 4.58. The number of carbonyl (C=O) groups is 2. The van der Waals surface area contributed by atoms with E-state index in [0.29, 0.717) is 5.56 Å². The van der Waals surface area contributed by atoms with Gasteiger partial charge in [0.25, 0.3) is 0 Å². The van der Waals surface area contributed by atoms with E-state index in [1.165, 1.54) is 0 Å². The van der Waals surface area contributed by atoms with Crippen LogP contribution in [0.2, 0.25) is 0 Å². The van der Waals surface area contributed by atoms with Gasteiger partial charge in [0.05, 0.1) is 11.5 Å². The van der Waals surface area contributed by atoms with Gasteiger partial charge >= 0.3 is 12.1 Å². The van der Waals surface area contributed by atoms with E-state index in [9.17, 15) is 27.9 Å². The van der Waals surface area contributed by atoms with Crippen molar-refractivity contribution in [3.05, 3.63) is 65.7 Å². The van der Waals surface area contributed by atoms with Crippen LogP contribution in [0.5, 0.6) is 0 Å². The summed E-state index contributed by atoms with van der Waals surface area (Å²) in [5, 5.41) is 11.7. The van der Waals surface area contributed by atoms with Crippen molar-refractivity contribution in [1.29, 1.82) is 0 Å². The molecule has 0 saturated carbocycles. The maximum atomic E-state index is 12.5. The molecule has 0 heterocycles. The van der Waals surface area contributed by atoms with Crippen molar-refractivity contribution >= 4 is 17.6 Å². The minimum Gasteiger partial charge on any atom is -0.481 e. The Labute approximate surface area is 135 Å². The molecule has 2 N–H and O–H groups in total. The Morgan fingerprint density at radius 2 is 1.58 bits per heavy atom. The Hall–Kier alpha value is -2.83. The van der Waals surface area contributed by atoms with E-state index in [1.807, 2.05) is 0 Å². The van der Waals surface area contributed by atoms with Crippen LogP contribution in [0, 0.1) is 0 Å². The lowest BCUT2D eigenvalue weighted by Crippen LogP contribution is -2.21. The van der Waals surface area contributed by atoms with Crippen LogP contribution in [0.15, 0.2) is 54.6 Å². The molecule has 2 aromatic carbocycles. The average Bonchev–Trinajstić information content (AvgIpc) is 2.53. The standard InChI is InChI=1S/C17H14F3NO3/c18-17(19,20)12-6-8-13(9-7-12)21-15(22)10-14(16(23)24)11-4-2-1-3-5-11/h1-9,14H,10H2,(H,21,22)(H,23,24)/t14-/m0/s1. The molecule has 0 aliphatic carbocycles. The fourth-order valence-corrected chi connectivity index (χ4v) is 2.17. The summed E-state index contributed by atoms with van der Waals surface area (Å²) in [6.45, 7) is 0. The molecular weight excluding hydrogens is 323 g/mol. The Morgan fingerprint density at radius 1 is 1.00 bits per heavy atom. The molecule has 2 rings (SSSR count). The van der Waals surface area contributed by atoms with Crippen molar-refractivity contribution in [2.24, 2.45) is 0 Å². The number of hydrogen-bond acceptors (Lipinski definition) is 2. The van der Waals surface area contributed by atoms with E-state index in [2.05, 4.69) is 5.32 Å². The fourth-order valence-electron chi connectivity index (χ4n) is 2.17. The van der Waals surface area contributed by atoms with Gasteiger partial charge in [0.1, 0.15) is 0 Å². The molecule has 0 aromatic heterocycles. The molecule has 4 nitrogen and oxygen atoms in total. The van der Waals surface area contributed by atoms with Crippen LogP contribution in [0.25, 0.3) is 0 Å². The summed E-state index contributed by atoms with van der Waals surface area (Å²) >= 11 is 0. The van der Waals surface area contributed by atoms with Gasteiger partial charge in [0, 0.05) is 12.1 Å². The lowest BCUT2D eigenvalue weighted by molar-refractivity contribution is -0.140. The average molecular weight is 337 g/mol. The highest BCUT2D eigenvalue weighted by molar-refractivity contribution is 5.94. The summed E-state index contributed by atoms with van der Waals surface area (Å²) in [6, 6.07) is 12.2. The summed E-state index contributed by atoms with van der Waals surface area (Å²) in [5.41, 5.74) is -0.175. The lowest BCUT2D eigenvalue weighted by atomic mass is 9.95. The zero-order valence-electron chi connectivity index (χ0n) is 12.4. The molecule has 1 atom stereocenters. The predicted molar refractivity (Wildman–Crippen MR) is 81.5 cm³/mol. The molecule has 0 radical (unpaired) electrons. The van der Waals surface area contributed by atoms with Gasteiger partial charge < -0.3 is 10.4 Å². The monoisotopic (exact) mass is 337 g/mol. The van der Waals surface area contributed by atoms with Crippen LogP contribution < -0.4 is 5.32 Å². The lowest BCUT2D eigenvalue weighted by Gasteiger charge is -2.13. The summed E-state index contributed by atoms with van der Waals surface area (Å²) in [6.07, 6.45) is -4.77. The molecule has 0 saturated heterocycles. The highest BCUT2D eigenvalue weighted by Gasteiger charge is 2.30. The molecule has 7 heteroatoms. The first kappa shape index (κ1) is 17.5. The molecule has 0 aliphatic rings. The number of alkyl halides is 3. The minimum atomic E-state index is -4.45. The van der Waals surface area contributed by atoms with Crippen molar-refractivity contribution in [2.75, 3.05) is 5.32 Å². The highest BCUT2D eigenvalue weighted by Crippen LogP contribution is 2.30. The third-order valence-corrected chi connectivity index (χ3v) is 3.39. The number of benzene rings is 2. The summed E-state index contributed by atoms with van der Waals surface area (Å²) in [5.74, 6) is -2.77. The van der Waals surface area contributed by atoms with Crippen molar-refractivity contribution in [2.45, 2.75) is 18.5 Å². The topological polar surface area (TPSA) is 66.4 Å². The van der Waals surface area contributed by atoms with E-state index in [4.69, 9.17) is 0 Å². The summed E-state index contributed by atoms with van der Waals surface area (Å²) in [7, 11) is 0. The number of halogens is 3. The number of carbonyl (C=O) groups excluding carboxylic acids is 1. The molecule has 126 valence electrons. The van der Waals surface area contributed by atoms with Gasteiger partial charge in [0.15, 0.2) is 0 Å². The van der Waals surface area contributed by atoms with E-state index in [-0.39, 0.29) is 12.1 Å². The van der Waals surface area contributed by atoms with Gasteiger partial charge in [-0.05, 0) is 29.8 Å². The van der Waals surface area contributed by atoms with Gasteiger partial charge in [-0.15, -0.1) is 0 Å². The van der Waals surface area contributed by atoms with Crippen LogP contribution >= 0.6 is 0 Å². The second-order valence-electron chi connectivity index (χ2n) is 5.13. The number of aliphatic carboxylic acids is 1. The molecular formula is C17H14F3NO3. The maximum absolute atomic E-state index is 12.5. The van der Waals surface area contributed by atoms with Crippen LogP contribution in [0.4, 0.5) is 18.9 Å². The zero-order valence-corrected chi connectivity index (χ0v) is 12.4. The highest BCUT2D eigenvalue weighted by atomic mass is 19.4. The molecule has 0 unspecified atom stereocenters. The number of nitrogens with one attached hydrogen (secondary N) is 1. The maximum Gasteiger partial charge on any atom is 0.416 e. The summed E-state index contributed by atoms with van der Waals surface area (Å²) in [4.78, 5) is 23.3. The quantitative estimate of drug-likeness (QED) is 0.869. The largest absolute Gasteiger partial charge is 0.481 e. The van der Waals surface area contributed by atoms with Gasteiger partial charge in [-0.2, -0.15) is 13.2 Å². The first-order valence-corrected chi connectivity index (χ1v) is 7.02. The minimum absolute atomic E-state index is 0.171. The van der Waals surface area contributed by atoms with Crippen molar-refractivity contribution in [1.82, 2.24) is 0 Å². The Morgan fingerprint density at radius 3 is 2.08 bits per heavy atom. The Kier molecular flexibility index (Phi) is 5.23. The fraction of sp³-hybridized carbons (Fsp3) is 0.176. The second-order valence-corrected chi connectivity index (χ2v) is 5.13. The second kappa shape index (κ2) is 7.16. The molecule has 0 aliphatic heterocycles. The van der Waals surface area contributed by atoms with Gasteiger partial charge in [-0.1, -0.05) is 30.3 Å². The normalized spacial score (nSPS) is 12.5. The number of rotatable bonds is 5. The first-order chi connectivity index (χ1) is 11.3. The molecule has 24 heavy (non-hydrogen) atoms. The van der Waals surface area contributed by atoms with Crippen molar-refractivity contribution < 1.29 is 27.9 Å². The number of anilines is 1. The number of hydrogen-bond donors (Lipinski definition) is 2. The van der Waals surface area contributed by atoms with E-state index < -0.39 is 29.5 Å². The molecule has 0 spiro atoms. The van der Waals surface area contributed by atoms with Gasteiger partial charge in [-0.3, -0.25) is 9.59 Å².